The summed E-state index contributed by atoms with van der Waals surface area (Å²) in [6, 6.07) is 19.5. The Morgan fingerprint density at radius 3 is 2.30 bits per heavy atom. The normalized spacial score (nSPS) is 21.2. The number of imide groups is 1. The van der Waals surface area contributed by atoms with E-state index in [0.29, 0.717) is 61.7 Å². The van der Waals surface area contributed by atoms with Crippen molar-refractivity contribution in [2.24, 2.45) is 5.92 Å². The molecule has 2 aromatic carbocycles. The molecule has 8 rings (SSSR count). The number of nitrogens with one attached hydrogen (secondary N) is 1. The standard InChI is InChI=1S/C43H52N8O5/c1-29-25-39(56-47-29)43(17-23-51(24-18-43)34-26-37(46-44-27-34)36-5-3-4-6-38(36)52)42(55)48(2)32-15-19-49(20-16-32)28-30-13-21-50(22-14-30)33-9-7-31(8-10-33)35-11-12-40(53)45-41(35)54/h3-10,25-27,30,32,35,52H,11-24,28H2,1-2H3,(H,45,53,54)/t35-/m1/s1. The molecule has 0 aliphatic carbocycles. The molecule has 0 saturated carbocycles. The molecule has 4 saturated heterocycles. The van der Waals surface area contributed by atoms with Crippen LogP contribution in [-0.2, 0) is 19.8 Å². The maximum Gasteiger partial charge on any atom is 0.236 e. The van der Waals surface area contributed by atoms with Crippen molar-refractivity contribution in [1.29, 1.82) is 0 Å². The zero-order valence-corrected chi connectivity index (χ0v) is 32.4. The maximum absolute atomic E-state index is 14.6. The summed E-state index contributed by atoms with van der Waals surface area (Å²) in [5.74, 6) is 0.909. The molecule has 4 fully saturated rings. The second-order valence-corrected chi connectivity index (χ2v) is 16.2. The molecular weight excluding hydrogens is 709 g/mol. The molecule has 13 heteroatoms. The first-order chi connectivity index (χ1) is 27.2. The molecule has 6 heterocycles. The molecule has 4 aliphatic heterocycles. The number of hydrogen-bond acceptors (Lipinski definition) is 11. The third kappa shape index (κ3) is 7.73. The lowest BCUT2D eigenvalue weighted by Crippen LogP contribution is -2.56. The SMILES string of the molecule is Cc1cc(C2(C(=O)N(C)C3CCN(CC4CCN(c5ccc([C@H]6CCC(=O)NC6=O)cc5)CC4)CC3)CCN(c3cnnc(-c4ccccc4O)c3)CC2)on1. The topological polar surface area (TPSA) is 148 Å². The van der Waals surface area contributed by atoms with Crippen LogP contribution in [0.2, 0.25) is 0 Å². The van der Waals surface area contributed by atoms with E-state index in [1.807, 2.05) is 55.3 Å². The Morgan fingerprint density at radius 2 is 1.62 bits per heavy atom. The highest BCUT2D eigenvalue weighted by atomic mass is 16.5. The number of phenolic OH excluding ortho intramolecular Hbond substituents is 1. The van der Waals surface area contributed by atoms with Gasteiger partial charge in [-0.05, 0) is 93.7 Å². The van der Waals surface area contributed by atoms with Gasteiger partial charge in [-0.15, -0.1) is 0 Å². The van der Waals surface area contributed by atoms with Gasteiger partial charge in [0.2, 0.25) is 17.7 Å². The average Bonchev–Trinajstić information content (AvgIpc) is 3.68. The molecular formula is C43H52N8O5. The Balaban J connectivity index is 0.841. The predicted octanol–water partition coefficient (Wildman–Crippen LogP) is 5.04. The summed E-state index contributed by atoms with van der Waals surface area (Å²) >= 11 is 0. The van der Waals surface area contributed by atoms with E-state index in [-0.39, 0.29) is 35.4 Å². The molecule has 294 valence electrons. The largest absolute Gasteiger partial charge is 0.507 e. The predicted molar refractivity (Wildman–Crippen MR) is 212 cm³/mol. The number of anilines is 2. The zero-order chi connectivity index (χ0) is 38.8. The van der Waals surface area contributed by atoms with E-state index in [2.05, 4.69) is 47.5 Å². The molecule has 4 aliphatic rings. The molecule has 0 unspecified atom stereocenters. The summed E-state index contributed by atoms with van der Waals surface area (Å²) in [4.78, 5) is 47.8. The number of rotatable bonds is 9. The van der Waals surface area contributed by atoms with Crippen molar-refractivity contribution in [3.8, 4) is 17.0 Å². The second-order valence-electron chi connectivity index (χ2n) is 16.2. The van der Waals surface area contributed by atoms with Crippen LogP contribution in [0.4, 0.5) is 11.4 Å². The van der Waals surface area contributed by atoms with Crippen LogP contribution in [0.5, 0.6) is 5.75 Å². The number of benzene rings is 2. The second kappa shape index (κ2) is 16.0. The van der Waals surface area contributed by atoms with Gasteiger partial charge < -0.3 is 29.2 Å². The lowest BCUT2D eigenvalue weighted by Gasteiger charge is -2.45. The smallest absolute Gasteiger partial charge is 0.236 e. The number of carbonyl (C=O) groups excluding carboxylic acids is 3. The maximum atomic E-state index is 14.6. The first-order valence-corrected chi connectivity index (χ1v) is 20.1. The van der Waals surface area contributed by atoms with Crippen LogP contribution >= 0.6 is 0 Å². The fourth-order valence-electron chi connectivity index (χ4n) is 9.31. The van der Waals surface area contributed by atoms with E-state index in [0.717, 1.165) is 75.4 Å². The Kier molecular flexibility index (Phi) is 10.8. The quantitative estimate of drug-likeness (QED) is 0.221. The summed E-state index contributed by atoms with van der Waals surface area (Å²) in [6.07, 6.45) is 8.01. The summed E-state index contributed by atoms with van der Waals surface area (Å²) in [5.41, 5.74) is 4.26. The lowest BCUT2D eigenvalue weighted by molar-refractivity contribution is -0.141. The summed E-state index contributed by atoms with van der Waals surface area (Å²) in [7, 11) is 1.97. The Labute approximate surface area is 328 Å². The third-order valence-corrected chi connectivity index (χ3v) is 12.8. The Hall–Kier alpha value is -5.30. The van der Waals surface area contributed by atoms with Crippen molar-refractivity contribution in [3.05, 3.63) is 83.9 Å². The highest BCUT2D eigenvalue weighted by Crippen LogP contribution is 2.41. The fraction of sp³-hybridized carbons (Fsp3) is 0.488. The Morgan fingerprint density at radius 1 is 0.911 bits per heavy atom. The molecule has 0 spiro atoms. The number of para-hydroxylation sites is 1. The number of likely N-dealkylation sites (N-methyl/N-ethyl adjacent to an activating group) is 1. The molecule has 13 nitrogen and oxygen atoms in total. The van der Waals surface area contributed by atoms with Gasteiger partial charge in [0.25, 0.3) is 0 Å². The molecule has 1 atom stereocenters. The number of phenols is 1. The molecule has 2 aromatic heterocycles. The first-order valence-electron chi connectivity index (χ1n) is 20.1. The van der Waals surface area contributed by atoms with Crippen molar-refractivity contribution in [2.75, 3.05) is 62.7 Å². The van der Waals surface area contributed by atoms with E-state index >= 15 is 0 Å². The minimum atomic E-state index is -0.802. The molecule has 3 amide bonds. The van der Waals surface area contributed by atoms with Crippen molar-refractivity contribution >= 4 is 29.1 Å². The molecule has 2 N–H and O–H groups in total. The summed E-state index contributed by atoms with van der Waals surface area (Å²) < 4.78 is 5.87. The number of likely N-dealkylation sites (tertiary alicyclic amines) is 1. The first kappa shape index (κ1) is 37.6. The van der Waals surface area contributed by atoms with Crippen molar-refractivity contribution in [2.45, 2.75) is 75.7 Å². The number of aryl methyl sites for hydroxylation is 1. The Bertz CT molecular complexity index is 2030. The van der Waals surface area contributed by atoms with E-state index < -0.39 is 5.41 Å². The summed E-state index contributed by atoms with van der Waals surface area (Å²) in [5, 5.41) is 25.6. The third-order valence-electron chi connectivity index (χ3n) is 12.8. The van der Waals surface area contributed by atoms with Crippen LogP contribution in [-0.4, -0.2) is 107 Å². The monoisotopic (exact) mass is 760 g/mol. The van der Waals surface area contributed by atoms with Crippen molar-refractivity contribution < 1.29 is 24.0 Å². The van der Waals surface area contributed by atoms with Gasteiger partial charge in [0.15, 0.2) is 5.76 Å². The molecule has 56 heavy (non-hydrogen) atoms. The van der Waals surface area contributed by atoms with Crippen LogP contribution < -0.4 is 15.1 Å². The number of nitrogens with zero attached hydrogens (tertiary/aromatic N) is 7. The van der Waals surface area contributed by atoms with Crippen LogP contribution in [0.1, 0.15) is 74.3 Å². The van der Waals surface area contributed by atoms with Crippen LogP contribution in [0.15, 0.2) is 71.4 Å². The lowest BCUT2D eigenvalue weighted by atomic mass is 9.74. The number of hydrogen-bond donors (Lipinski definition) is 2. The van der Waals surface area contributed by atoms with Gasteiger partial charge in [0.05, 0.1) is 29.2 Å². The average molecular weight is 761 g/mol. The number of carbonyl (C=O) groups is 3. The zero-order valence-electron chi connectivity index (χ0n) is 32.4. The van der Waals surface area contributed by atoms with Crippen molar-refractivity contribution in [1.82, 2.24) is 30.5 Å². The molecule has 0 radical (unpaired) electrons. The van der Waals surface area contributed by atoms with E-state index in [4.69, 9.17) is 4.52 Å². The van der Waals surface area contributed by atoms with E-state index in [1.165, 1.54) is 5.69 Å². The van der Waals surface area contributed by atoms with Crippen LogP contribution in [0.3, 0.4) is 0 Å². The highest BCUT2D eigenvalue weighted by molar-refractivity contribution is 6.01. The van der Waals surface area contributed by atoms with E-state index in [1.54, 1.807) is 18.3 Å². The van der Waals surface area contributed by atoms with Gasteiger partial charge in [0.1, 0.15) is 11.2 Å². The van der Waals surface area contributed by atoms with Crippen LogP contribution in [0, 0.1) is 12.8 Å². The fourth-order valence-corrected chi connectivity index (χ4v) is 9.31. The number of piperidine rings is 4. The minimum absolute atomic E-state index is 0.104. The highest BCUT2D eigenvalue weighted by Gasteiger charge is 2.49. The molecule has 0 bridgehead atoms. The number of amides is 3. The van der Waals surface area contributed by atoms with Gasteiger partial charge >= 0.3 is 0 Å². The van der Waals surface area contributed by atoms with Gasteiger partial charge in [-0.25, -0.2) is 0 Å². The van der Waals surface area contributed by atoms with E-state index in [9.17, 15) is 19.5 Å². The van der Waals surface area contributed by atoms with Gasteiger partial charge in [-0.3, -0.25) is 19.7 Å². The van der Waals surface area contributed by atoms with Gasteiger partial charge in [0, 0.05) is 82.6 Å². The van der Waals surface area contributed by atoms with Gasteiger partial charge in [-0.1, -0.05) is 29.4 Å². The minimum Gasteiger partial charge on any atom is -0.507 e. The van der Waals surface area contributed by atoms with Crippen molar-refractivity contribution in [3.63, 3.8) is 0 Å². The van der Waals surface area contributed by atoms with Crippen LogP contribution in [0.25, 0.3) is 11.3 Å². The number of aromatic hydroxyl groups is 1. The van der Waals surface area contributed by atoms with Gasteiger partial charge in [-0.2, -0.15) is 10.2 Å². The number of aromatic nitrogens is 3. The summed E-state index contributed by atoms with van der Waals surface area (Å²) in [6.45, 7) is 8.21. The molecule has 4 aromatic rings.